The van der Waals surface area contributed by atoms with Gasteiger partial charge in [-0.25, -0.2) is 22.0 Å². The van der Waals surface area contributed by atoms with E-state index in [-0.39, 0.29) is 0 Å². The van der Waals surface area contributed by atoms with Gasteiger partial charge in [-0.3, -0.25) is 0 Å². The van der Waals surface area contributed by atoms with Gasteiger partial charge < -0.3 is 0 Å². The summed E-state index contributed by atoms with van der Waals surface area (Å²) >= 11 is 0. The highest BCUT2D eigenvalue weighted by molar-refractivity contribution is 4.99. The fourth-order valence-electron chi connectivity index (χ4n) is 0.706. The molecule has 0 fully saturated rings. The monoisotopic (exact) mass is 261 g/mol. The second kappa shape index (κ2) is 4.33. The van der Waals surface area contributed by atoms with Gasteiger partial charge in [0.2, 0.25) is 6.17 Å². The maximum Gasteiger partial charge on any atom is 0.372 e. The van der Waals surface area contributed by atoms with Crippen molar-refractivity contribution in [3.05, 3.63) is 6.92 Å². The zero-order valence-electron chi connectivity index (χ0n) is 7.47. The number of hydrogen-bond donors (Lipinski definition) is 0. The summed E-state index contributed by atoms with van der Waals surface area (Å²) in [6.07, 6.45) is -11.5. The molecule has 0 saturated heterocycles. The van der Waals surface area contributed by atoms with Gasteiger partial charge in [-0.2, -0.15) is 17.6 Å². The van der Waals surface area contributed by atoms with Crippen LogP contribution in [0.25, 0.3) is 0 Å². The quantitative estimate of drug-likeness (QED) is 0.661. The number of rotatable bonds is 5. The SMILES string of the molecule is [CH2]CC(F)(F)[C@H](F)C(F)(F)C(F)(F)C(F)F. The highest BCUT2D eigenvalue weighted by atomic mass is 19.3. The van der Waals surface area contributed by atoms with Crippen molar-refractivity contribution in [1.29, 1.82) is 0 Å². The zero-order chi connectivity index (χ0) is 13.4. The van der Waals surface area contributed by atoms with Gasteiger partial charge in [0.1, 0.15) is 0 Å². The molecule has 0 aromatic heterocycles. The van der Waals surface area contributed by atoms with Crippen molar-refractivity contribution in [1.82, 2.24) is 0 Å². The van der Waals surface area contributed by atoms with Crippen LogP contribution in [0.5, 0.6) is 0 Å². The number of halogens is 9. The van der Waals surface area contributed by atoms with Crippen LogP contribution in [0.4, 0.5) is 39.5 Å². The van der Waals surface area contributed by atoms with Crippen LogP contribution in [0.2, 0.25) is 0 Å². The van der Waals surface area contributed by atoms with E-state index in [0.717, 1.165) is 0 Å². The van der Waals surface area contributed by atoms with Crippen molar-refractivity contribution in [3.8, 4) is 0 Å². The lowest BCUT2D eigenvalue weighted by molar-refractivity contribution is -0.310. The molecule has 9 heteroatoms. The molecule has 97 valence electrons. The molecule has 0 bridgehead atoms. The van der Waals surface area contributed by atoms with E-state index >= 15 is 0 Å². The molecule has 1 radical (unpaired) electrons. The molecule has 0 aliphatic rings. The van der Waals surface area contributed by atoms with Gasteiger partial charge in [0.05, 0.1) is 0 Å². The van der Waals surface area contributed by atoms with Gasteiger partial charge in [0.15, 0.2) is 0 Å². The molecule has 0 saturated carbocycles. The third-order valence-electron chi connectivity index (χ3n) is 1.74. The normalized spacial score (nSPS) is 16.7. The lowest BCUT2D eigenvalue weighted by Crippen LogP contribution is -2.57. The molecule has 0 aliphatic carbocycles. The predicted molar refractivity (Wildman–Crippen MR) is 35.7 cm³/mol. The largest absolute Gasteiger partial charge is 0.372 e. The first kappa shape index (κ1) is 15.4. The molecule has 0 amide bonds. The lowest BCUT2D eigenvalue weighted by Gasteiger charge is -2.31. The molecule has 0 aliphatic heterocycles. The fourth-order valence-corrected chi connectivity index (χ4v) is 0.706. The summed E-state index contributed by atoms with van der Waals surface area (Å²) in [4.78, 5) is 0. The van der Waals surface area contributed by atoms with E-state index in [4.69, 9.17) is 0 Å². The highest BCUT2D eigenvalue weighted by Gasteiger charge is 2.72. The maximum atomic E-state index is 12.5. The van der Waals surface area contributed by atoms with Crippen molar-refractivity contribution in [2.24, 2.45) is 0 Å². The summed E-state index contributed by atoms with van der Waals surface area (Å²) in [5.41, 5.74) is 0. The Balaban J connectivity index is 5.21. The number of hydrogen-bond acceptors (Lipinski definition) is 0. The van der Waals surface area contributed by atoms with Gasteiger partial charge >= 0.3 is 18.3 Å². The van der Waals surface area contributed by atoms with Crippen LogP contribution in [0.1, 0.15) is 6.42 Å². The Labute approximate surface area is 84.4 Å². The smallest absolute Gasteiger partial charge is 0.234 e. The molecule has 0 N–H and O–H groups in total. The Morgan fingerprint density at radius 2 is 1.19 bits per heavy atom. The highest BCUT2D eigenvalue weighted by Crippen LogP contribution is 2.47. The van der Waals surface area contributed by atoms with Crippen molar-refractivity contribution >= 4 is 0 Å². The van der Waals surface area contributed by atoms with Crippen molar-refractivity contribution in [2.45, 2.75) is 36.8 Å². The molecule has 16 heavy (non-hydrogen) atoms. The summed E-state index contributed by atoms with van der Waals surface area (Å²) in [5.74, 6) is -17.3. The maximum absolute atomic E-state index is 12.5. The van der Waals surface area contributed by atoms with Crippen molar-refractivity contribution in [3.63, 3.8) is 0 Å². The Hall–Kier alpha value is -0.630. The predicted octanol–water partition coefficient (Wildman–Crippen LogP) is 3.72. The van der Waals surface area contributed by atoms with Crippen molar-refractivity contribution in [2.75, 3.05) is 0 Å². The van der Waals surface area contributed by atoms with Crippen LogP contribution in [0, 0.1) is 6.92 Å². The van der Waals surface area contributed by atoms with E-state index in [1.165, 1.54) is 0 Å². The van der Waals surface area contributed by atoms with E-state index in [1.807, 2.05) is 0 Å². The molecule has 0 heterocycles. The van der Waals surface area contributed by atoms with E-state index in [0.29, 0.717) is 0 Å². The third-order valence-corrected chi connectivity index (χ3v) is 1.74. The van der Waals surface area contributed by atoms with Crippen molar-refractivity contribution < 1.29 is 39.5 Å². The molecular formula is C7H6F9. The minimum atomic E-state index is -6.18. The van der Waals surface area contributed by atoms with Crippen LogP contribution >= 0.6 is 0 Å². The van der Waals surface area contributed by atoms with E-state index < -0.39 is 36.8 Å². The van der Waals surface area contributed by atoms with Crippen LogP contribution in [-0.2, 0) is 0 Å². The third kappa shape index (κ3) is 2.37. The summed E-state index contributed by atoms with van der Waals surface area (Å²) in [6.45, 7) is 2.36. The van der Waals surface area contributed by atoms with Gasteiger partial charge in [-0.05, 0) is 6.92 Å². The van der Waals surface area contributed by atoms with Gasteiger partial charge in [-0.15, -0.1) is 0 Å². The number of alkyl halides is 9. The standard InChI is InChI=1S/C7H6F9/c1-2-5(11,12)3(8)6(13,14)7(15,16)4(9)10/h3-4H,1-2H2/t3-/m0/s1. The Kier molecular flexibility index (Phi) is 4.15. The summed E-state index contributed by atoms with van der Waals surface area (Å²) in [7, 11) is 0. The van der Waals surface area contributed by atoms with E-state index in [1.54, 1.807) is 0 Å². The Morgan fingerprint density at radius 3 is 1.44 bits per heavy atom. The first-order valence-corrected chi connectivity index (χ1v) is 3.76. The molecule has 1 atom stereocenters. The van der Waals surface area contributed by atoms with Gasteiger partial charge in [0.25, 0.3) is 5.92 Å². The molecule has 0 unspecified atom stereocenters. The van der Waals surface area contributed by atoms with Crippen LogP contribution in [0.3, 0.4) is 0 Å². The molecule has 0 aromatic carbocycles. The lowest BCUT2D eigenvalue weighted by atomic mass is 10.00. The Morgan fingerprint density at radius 1 is 0.812 bits per heavy atom. The summed E-state index contributed by atoms with van der Waals surface area (Å²) in [5, 5.41) is 0. The van der Waals surface area contributed by atoms with Gasteiger partial charge in [-0.1, -0.05) is 0 Å². The second-order valence-corrected chi connectivity index (χ2v) is 2.92. The zero-order valence-corrected chi connectivity index (χ0v) is 7.47. The minimum Gasteiger partial charge on any atom is -0.234 e. The van der Waals surface area contributed by atoms with E-state index in [2.05, 4.69) is 6.92 Å². The topological polar surface area (TPSA) is 0 Å². The van der Waals surface area contributed by atoms with E-state index in [9.17, 15) is 39.5 Å². The first-order chi connectivity index (χ1) is 6.91. The average Bonchev–Trinajstić information content (AvgIpc) is 2.15. The molecular weight excluding hydrogens is 255 g/mol. The fraction of sp³-hybridized carbons (Fsp3) is 0.857. The molecule has 0 rings (SSSR count). The molecule has 0 aromatic rings. The minimum absolute atomic E-state index is 1.76. The molecule has 0 nitrogen and oxygen atoms in total. The van der Waals surface area contributed by atoms with Gasteiger partial charge in [0, 0.05) is 6.42 Å². The first-order valence-electron chi connectivity index (χ1n) is 3.76. The molecule has 0 spiro atoms. The second-order valence-electron chi connectivity index (χ2n) is 2.92. The average molecular weight is 261 g/mol. The van der Waals surface area contributed by atoms with Crippen LogP contribution in [0.15, 0.2) is 0 Å². The Bertz CT molecular complexity index is 234. The summed E-state index contributed by atoms with van der Waals surface area (Å²) in [6, 6.07) is 0. The summed E-state index contributed by atoms with van der Waals surface area (Å²) < 4.78 is 109. The van der Waals surface area contributed by atoms with Crippen LogP contribution in [-0.4, -0.2) is 30.4 Å². The van der Waals surface area contributed by atoms with Crippen LogP contribution < -0.4 is 0 Å².